The lowest BCUT2D eigenvalue weighted by atomic mass is 9.83. The Morgan fingerprint density at radius 2 is 1.53 bits per heavy atom. The van der Waals surface area contributed by atoms with Gasteiger partial charge in [0.05, 0.1) is 19.3 Å². The zero-order valence-electron chi connectivity index (χ0n) is 18.0. The average Bonchev–Trinajstić information content (AvgIpc) is 2.84. The SMILES string of the molecule is N#CC(COCc1ccccc1)NC(=O)C1(OC(=O)OCc2ccccc2)CCCCC1. The molecular formula is C25H28N2O5. The van der Waals surface area contributed by atoms with Gasteiger partial charge in [0.1, 0.15) is 12.6 Å². The lowest BCUT2D eigenvalue weighted by molar-refractivity contribution is -0.148. The molecule has 1 atom stereocenters. The lowest BCUT2D eigenvalue weighted by Gasteiger charge is -2.35. The molecule has 2 aromatic rings. The molecule has 2 aromatic carbocycles. The number of hydrogen-bond donors (Lipinski definition) is 1. The van der Waals surface area contributed by atoms with Crippen molar-refractivity contribution in [1.82, 2.24) is 5.32 Å². The van der Waals surface area contributed by atoms with Gasteiger partial charge in [-0.1, -0.05) is 67.1 Å². The summed E-state index contributed by atoms with van der Waals surface area (Å²) in [5.74, 6) is -0.483. The molecule has 1 saturated carbocycles. The molecule has 32 heavy (non-hydrogen) atoms. The van der Waals surface area contributed by atoms with Crippen molar-refractivity contribution in [2.75, 3.05) is 6.61 Å². The first-order valence-electron chi connectivity index (χ1n) is 10.8. The molecular weight excluding hydrogens is 408 g/mol. The summed E-state index contributed by atoms with van der Waals surface area (Å²) in [6.07, 6.45) is 2.35. The van der Waals surface area contributed by atoms with Crippen molar-refractivity contribution in [1.29, 1.82) is 5.26 Å². The number of benzene rings is 2. The fraction of sp³-hybridized carbons (Fsp3) is 0.400. The van der Waals surface area contributed by atoms with Gasteiger partial charge in [0.25, 0.3) is 5.91 Å². The first-order chi connectivity index (χ1) is 15.6. The number of nitriles is 1. The summed E-state index contributed by atoms with van der Waals surface area (Å²) >= 11 is 0. The monoisotopic (exact) mass is 436 g/mol. The summed E-state index contributed by atoms with van der Waals surface area (Å²) in [6, 6.07) is 20.0. The fourth-order valence-corrected chi connectivity index (χ4v) is 3.67. The minimum absolute atomic E-state index is 0.0334. The molecule has 7 heteroatoms. The van der Waals surface area contributed by atoms with Gasteiger partial charge in [0.15, 0.2) is 5.60 Å². The van der Waals surface area contributed by atoms with E-state index in [0.29, 0.717) is 19.4 Å². The van der Waals surface area contributed by atoms with Crippen LogP contribution in [0.25, 0.3) is 0 Å². The van der Waals surface area contributed by atoms with Gasteiger partial charge in [0.2, 0.25) is 0 Å². The number of rotatable bonds is 9. The molecule has 168 valence electrons. The van der Waals surface area contributed by atoms with Crippen LogP contribution < -0.4 is 5.32 Å². The second-order valence-corrected chi connectivity index (χ2v) is 7.84. The molecule has 0 radical (unpaired) electrons. The van der Waals surface area contributed by atoms with Gasteiger partial charge in [0, 0.05) is 0 Å². The van der Waals surface area contributed by atoms with Crippen LogP contribution in [-0.4, -0.2) is 30.3 Å². The van der Waals surface area contributed by atoms with Crippen molar-refractivity contribution in [2.45, 2.75) is 57.0 Å². The zero-order valence-corrected chi connectivity index (χ0v) is 18.0. The Morgan fingerprint density at radius 1 is 0.938 bits per heavy atom. The number of ether oxygens (including phenoxy) is 3. The van der Waals surface area contributed by atoms with E-state index in [9.17, 15) is 14.9 Å². The molecule has 0 aliphatic heterocycles. The highest BCUT2D eigenvalue weighted by molar-refractivity contribution is 5.87. The van der Waals surface area contributed by atoms with Crippen LogP contribution in [0.2, 0.25) is 0 Å². The zero-order chi connectivity index (χ0) is 22.7. The molecule has 0 spiro atoms. The molecule has 0 heterocycles. The van der Waals surface area contributed by atoms with Gasteiger partial charge in [-0.25, -0.2) is 4.79 Å². The van der Waals surface area contributed by atoms with E-state index in [0.717, 1.165) is 30.4 Å². The highest BCUT2D eigenvalue weighted by Crippen LogP contribution is 2.32. The van der Waals surface area contributed by atoms with E-state index >= 15 is 0 Å². The van der Waals surface area contributed by atoms with E-state index in [4.69, 9.17) is 14.2 Å². The van der Waals surface area contributed by atoms with Crippen LogP contribution in [0.15, 0.2) is 60.7 Å². The first-order valence-corrected chi connectivity index (χ1v) is 10.8. The molecule has 1 aliphatic rings. The second-order valence-electron chi connectivity index (χ2n) is 7.84. The molecule has 0 saturated heterocycles. The predicted octanol–water partition coefficient (Wildman–Crippen LogP) is 4.27. The summed E-state index contributed by atoms with van der Waals surface area (Å²) in [4.78, 5) is 25.4. The molecule has 3 rings (SSSR count). The molecule has 1 aliphatic carbocycles. The van der Waals surface area contributed by atoms with Crippen molar-refractivity contribution in [3.8, 4) is 6.07 Å². The van der Waals surface area contributed by atoms with Crippen molar-refractivity contribution in [2.24, 2.45) is 0 Å². The van der Waals surface area contributed by atoms with E-state index in [2.05, 4.69) is 5.32 Å². The van der Waals surface area contributed by atoms with E-state index in [1.165, 1.54) is 0 Å². The standard InChI is InChI=1S/C25H28N2O5/c26-16-22(19-30-17-20-10-4-1-5-11-20)27-23(28)25(14-8-3-9-15-25)32-24(29)31-18-21-12-6-2-7-13-21/h1-2,4-7,10-13,22H,3,8-9,14-15,17-19H2,(H,27,28). The van der Waals surface area contributed by atoms with Crippen LogP contribution in [0.3, 0.4) is 0 Å². The van der Waals surface area contributed by atoms with Crippen LogP contribution >= 0.6 is 0 Å². The Bertz CT molecular complexity index is 905. The van der Waals surface area contributed by atoms with E-state index < -0.39 is 23.7 Å². The number of amides is 1. The largest absolute Gasteiger partial charge is 0.509 e. The van der Waals surface area contributed by atoms with Crippen molar-refractivity contribution in [3.05, 3.63) is 71.8 Å². The second kappa shape index (κ2) is 11.9. The summed E-state index contributed by atoms with van der Waals surface area (Å²) in [5.41, 5.74) is 0.469. The lowest BCUT2D eigenvalue weighted by Crippen LogP contribution is -2.54. The average molecular weight is 437 g/mol. The Labute approximate surface area is 188 Å². The number of carbonyl (C=O) groups is 2. The van der Waals surface area contributed by atoms with Gasteiger partial charge in [-0.2, -0.15) is 5.26 Å². The third-order valence-electron chi connectivity index (χ3n) is 5.41. The summed E-state index contributed by atoms with van der Waals surface area (Å²) < 4.78 is 16.4. The number of nitrogens with zero attached hydrogens (tertiary/aromatic N) is 1. The van der Waals surface area contributed by atoms with Crippen LogP contribution in [0.5, 0.6) is 0 Å². The molecule has 0 aromatic heterocycles. The molecule has 1 unspecified atom stereocenters. The highest BCUT2D eigenvalue weighted by Gasteiger charge is 2.44. The Balaban J connectivity index is 1.55. The number of carbonyl (C=O) groups excluding carboxylic acids is 2. The Hall–Kier alpha value is -3.37. The molecule has 7 nitrogen and oxygen atoms in total. The highest BCUT2D eigenvalue weighted by atomic mass is 16.7. The van der Waals surface area contributed by atoms with Crippen LogP contribution in [0, 0.1) is 11.3 Å². The van der Waals surface area contributed by atoms with Crippen LogP contribution in [0.4, 0.5) is 4.79 Å². The van der Waals surface area contributed by atoms with Gasteiger partial charge < -0.3 is 19.5 Å². The molecule has 0 bridgehead atoms. The van der Waals surface area contributed by atoms with Gasteiger partial charge in [-0.3, -0.25) is 4.79 Å². The quantitative estimate of drug-likeness (QED) is 0.590. The van der Waals surface area contributed by atoms with Crippen molar-refractivity contribution in [3.63, 3.8) is 0 Å². The Kier molecular flexibility index (Phi) is 8.64. The maximum absolute atomic E-state index is 13.1. The van der Waals surface area contributed by atoms with Crippen LogP contribution in [0.1, 0.15) is 43.2 Å². The first kappa shape index (κ1) is 23.3. The van der Waals surface area contributed by atoms with Gasteiger partial charge in [-0.05, 0) is 36.8 Å². The van der Waals surface area contributed by atoms with E-state index in [1.807, 2.05) is 66.7 Å². The van der Waals surface area contributed by atoms with E-state index in [1.54, 1.807) is 0 Å². The molecule has 1 fully saturated rings. The third-order valence-corrected chi connectivity index (χ3v) is 5.41. The van der Waals surface area contributed by atoms with Gasteiger partial charge in [-0.15, -0.1) is 0 Å². The number of hydrogen-bond acceptors (Lipinski definition) is 6. The summed E-state index contributed by atoms with van der Waals surface area (Å²) in [5, 5.41) is 12.2. The minimum atomic E-state index is -1.33. The maximum atomic E-state index is 13.1. The normalized spacial score (nSPS) is 15.7. The predicted molar refractivity (Wildman–Crippen MR) is 117 cm³/mol. The van der Waals surface area contributed by atoms with Gasteiger partial charge >= 0.3 is 6.16 Å². The third kappa shape index (κ3) is 6.82. The van der Waals surface area contributed by atoms with E-state index in [-0.39, 0.29) is 13.2 Å². The van der Waals surface area contributed by atoms with Crippen molar-refractivity contribution < 1.29 is 23.8 Å². The fourth-order valence-electron chi connectivity index (χ4n) is 3.67. The topological polar surface area (TPSA) is 97.6 Å². The van der Waals surface area contributed by atoms with Crippen LogP contribution in [-0.2, 0) is 32.2 Å². The summed E-state index contributed by atoms with van der Waals surface area (Å²) in [7, 11) is 0. The smallest absolute Gasteiger partial charge is 0.429 e. The Morgan fingerprint density at radius 3 is 2.12 bits per heavy atom. The molecule has 1 N–H and O–H groups in total. The molecule has 1 amide bonds. The summed E-state index contributed by atoms with van der Waals surface area (Å²) in [6.45, 7) is 0.430. The number of nitrogens with one attached hydrogen (secondary N) is 1. The van der Waals surface area contributed by atoms with Crippen molar-refractivity contribution >= 4 is 12.1 Å². The maximum Gasteiger partial charge on any atom is 0.509 e. The minimum Gasteiger partial charge on any atom is -0.429 e.